The Morgan fingerprint density at radius 1 is 1.60 bits per heavy atom. The second-order valence-corrected chi connectivity index (χ2v) is 1.91. The Balaban J connectivity index is 2.91. The molecule has 2 heterocycles. The Morgan fingerprint density at radius 2 is 2.50 bits per heavy atom. The fourth-order valence-corrected chi connectivity index (χ4v) is 0.800. The van der Waals surface area contributed by atoms with Crippen LogP contribution in [0.2, 0.25) is 0 Å². The molecular weight excluding hydrogens is 132 g/mol. The number of rotatable bonds is 0. The van der Waals surface area contributed by atoms with Crippen molar-refractivity contribution in [2.24, 2.45) is 0 Å². The number of aromatic nitrogens is 2. The molecule has 0 aliphatic carbocycles. The van der Waals surface area contributed by atoms with Crippen LogP contribution < -0.4 is 5.56 Å². The van der Waals surface area contributed by atoms with Crippen molar-refractivity contribution in [2.45, 2.75) is 0 Å². The number of nitrogens with one attached hydrogen (secondary N) is 1. The third-order valence-electron chi connectivity index (χ3n) is 1.29. The van der Waals surface area contributed by atoms with Gasteiger partial charge in [-0.2, -0.15) is 5.10 Å². The Bertz CT molecular complexity index is 362. The highest BCUT2D eigenvalue weighted by molar-refractivity contribution is 5.55. The molecule has 10 heavy (non-hydrogen) atoms. The maximum absolute atomic E-state index is 10.8. The first-order valence-corrected chi connectivity index (χ1v) is 2.78. The zero-order valence-electron chi connectivity index (χ0n) is 5.00. The number of aromatic amines is 1. The van der Waals surface area contributed by atoms with Crippen LogP contribution in [-0.4, -0.2) is 10.2 Å². The average molecular weight is 136 g/mol. The molecule has 0 saturated heterocycles. The maximum Gasteiger partial charge on any atom is 0.276 e. The lowest BCUT2D eigenvalue weighted by molar-refractivity contribution is 0.551. The molecule has 2 aliphatic rings. The third-order valence-corrected chi connectivity index (χ3v) is 1.29. The number of H-pyrrole nitrogens is 1. The first kappa shape index (κ1) is 5.22. The minimum absolute atomic E-state index is 0.209. The summed E-state index contributed by atoms with van der Waals surface area (Å²) in [5.74, 6) is 0. The molecule has 0 spiro atoms. The summed E-state index contributed by atoms with van der Waals surface area (Å²) in [5.41, 5.74) is 0.915. The molecule has 0 amide bonds. The van der Waals surface area contributed by atoms with Crippen LogP contribution in [0, 0.1) is 0 Å². The Labute approximate surface area is 55.8 Å². The Kier molecular flexibility index (Phi) is 0.887. The van der Waals surface area contributed by atoms with Gasteiger partial charge in [0, 0.05) is 6.07 Å². The SMILES string of the molecule is O=c1[nH]nc2ccocc1-2. The van der Waals surface area contributed by atoms with Crippen LogP contribution in [0.3, 0.4) is 0 Å². The van der Waals surface area contributed by atoms with Gasteiger partial charge in [-0.15, -0.1) is 0 Å². The zero-order chi connectivity index (χ0) is 6.97. The molecule has 0 fully saturated rings. The minimum atomic E-state index is -0.209. The van der Waals surface area contributed by atoms with Gasteiger partial charge in [-0.3, -0.25) is 4.79 Å². The van der Waals surface area contributed by atoms with Crippen LogP contribution in [0.5, 0.6) is 0 Å². The fourth-order valence-electron chi connectivity index (χ4n) is 0.800. The van der Waals surface area contributed by atoms with Crippen LogP contribution in [-0.2, 0) is 0 Å². The topological polar surface area (TPSA) is 58.9 Å². The standard InChI is InChI=1S/C6H4N2O2/c9-6-4-3-10-2-1-5(4)7-8-6/h1-3H,(H,8,9). The fraction of sp³-hybridized carbons (Fsp3) is 0. The monoisotopic (exact) mass is 136 g/mol. The van der Waals surface area contributed by atoms with Gasteiger partial charge in [0.05, 0.1) is 6.26 Å². The highest BCUT2D eigenvalue weighted by Crippen LogP contribution is 2.11. The zero-order valence-corrected chi connectivity index (χ0v) is 5.00. The normalized spacial score (nSPS) is 10.4. The maximum atomic E-state index is 10.8. The summed E-state index contributed by atoms with van der Waals surface area (Å²) in [5, 5.41) is 6.03. The second-order valence-electron chi connectivity index (χ2n) is 1.91. The number of nitrogens with zero attached hydrogens (tertiary/aromatic N) is 1. The summed E-state index contributed by atoms with van der Waals surface area (Å²) >= 11 is 0. The van der Waals surface area contributed by atoms with Crippen LogP contribution in [0.1, 0.15) is 0 Å². The van der Waals surface area contributed by atoms with Crippen molar-refractivity contribution >= 4 is 0 Å². The van der Waals surface area contributed by atoms with E-state index in [0.29, 0.717) is 11.3 Å². The molecule has 4 nitrogen and oxygen atoms in total. The number of fused-ring (bicyclic) bond motifs is 1. The van der Waals surface area contributed by atoms with E-state index in [2.05, 4.69) is 10.2 Å². The number of hydrogen-bond acceptors (Lipinski definition) is 3. The molecule has 0 saturated carbocycles. The molecule has 0 bridgehead atoms. The molecule has 0 unspecified atom stereocenters. The van der Waals surface area contributed by atoms with E-state index >= 15 is 0 Å². The molecule has 0 radical (unpaired) electrons. The molecule has 0 atom stereocenters. The van der Waals surface area contributed by atoms with E-state index in [9.17, 15) is 4.79 Å². The summed E-state index contributed by atoms with van der Waals surface area (Å²) in [6.07, 6.45) is 2.85. The molecular formula is C6H4N2O2. The molecule has 50 valence electrons. The van der Waals surface area contributed by atoms with E-state index in [1.807, 2.05) is 0 Å². The van der Waals surface area contributed by atoms with E-state index in [4.69, 9.17) is 4.42 Å². The van der Waals surface area contributed by atoms with Gasteiger partial charge in [0.1, 0.15) is 17.5 Å². The van der Waals surface area contributed by atoms with Crippen molar-refractivity contribution in [2.75, 3.05) is 0 Å². The molecule has 2 aliphatic heterocycles. The Hall–Kier alpha value is -1.58. The number of hydrogen-bond donors (Lipinski definition) is 1. The van der Waals surface area contributed by atoms with Crippen molar-refractivity contribution in [3.05, 3.63) is 28.9 Å². The summed E-state index contributed by atoms with van der Waals surface area (Å²) in [4.78, 5) is 10.8. The lowest BCUT2D eigenvalue weighted by atomic mass is 10.2. The lowest BCUT2D eigenvalue weighted by Crippen LogP contribution is -1.98. The van der Waals surface area contributed by atoms with Crippen molar-refractivity contribution < 1.29 is 4.42 Å². The van der Waals surface area contributed by atoms with Gasteiger partial charge in [-0.1, -0.05) is 0 Å². The van der Waals surface area contributed by atoms with Crippen molar-refractivity contribution in [1.29, 1.82) is 0 Å². The van der Waals surface area contributed by atoms with E-state index in [-0.39, 0.29) is 5.56 Å². The summed E-state index contributed by atoms with van der Waals surface area (Å²) in [7, 11) is 0. The van der Waals surface area contributed by atoms with E-state index in [0.717, 1.165) is 0 Å². The first-order chi connectivity index (χ1) is 4.88. The summed E-state index contributed by atoms with van der Waals surface area (Å²) in [6, 6.07) is 1.63. The molecule has 0 aromatic carbocycles. The van der Waals surface area contributed by atoms with Gasteiger partial charge < -0.3 is 4.42 Å². The molecule has 2 rings (SSSR count). The van der Waals surface area contributed by atoms with Crippen LogP contribution in [0.15, 0.2) is 27.8 Å². The van der Waals surface area contributed by atoms with Gasteiger partial charge in [0.2, 0.25) is 0 Å². The molecule has 1 N–H and O–H groups in total. The van der Waals surface area contributed by atoms with Gasteiger partial charge in [-0.05, 0) is 0 Å². The smallest absolute Gasteiger partial charge is 0.276 e. The Morgan fingerprint density at radius 3 is 3.30 bits per heavy atom. The molecule has 0 aromatic rings. The van der Waals surface area contributed by atoms with Crippen molar-refractivity contribution in [3.63, 3.8) is 0 Å². The quantitative estimate of drug-likeness (QED) is 0.572. The predicted molar refractivity (Wildman–Crippen MR) is 33.7 cm³/mol. The second kappa shape index (κ2) is 1.70. The largest absolute Gasteiger partial charge is 0.472 e. The lowest BCUT2D eigenvalue weighted by Gasteiger charge is -1.87. The van der Waals surface area contributed by atoms with Crippen LogP contribution >= 0.6 is 0 Å². The third kappa shape index (κ3) is 0.556. The van der Waals surface area contributed by atoms with E-state index in [1.54, 1.807) is 6.07 Å². The van der Waals surface area contributed by atoms with E-state index in [1.165, 1.54) is 12.5 Å². The van der Waals surface area contributed by atoms with E-state index < -0.39 is 0 Å². The minimum Gasteiger partial charge on any atom is -0.472 e. The molecule has 0 aromatic heterocycles. The first-order valence-electron chi connectivity index (χ1n) is 2.78. The van der Waals surface area contributed by atoms with Crippen LogP contribution in [0.4, 0.5) is 0 Å². The van der Waals surface area contributed by atoms with Gasteiger partial charge in [-0.25, -0.2) is 5.10 Å². The summed E-state index contributed by atoms with van der Waals surface area (Å²) in [6.45, 7) is 0. The van der Waals surface area contributed by atoms with Gasteiger partial charge >= 0.3 is 0 Å². The highest BCUT2D eigenvalue weighted by Gasteiger charge is 2.07. The summed E-state index contributed by atoms with van der Waals surface area (Å²) < 4.78 is 4.77. The highest BCUT2D eigenvalue weighted by atomic mass is 16.3. The van der Waals surface area contributed by atoms with Crippen molar-refractivity contribution in [1.82, 2.24) is 10.2 Å². The van der Waals surface area contributed by atoms with Crippen LogP contribution in [0.25, 0.3) is 11.3 Å². The average Bonchev–Trinajstić information content (AvgIpc) is 2.34. The molecule has 4 heteroatoms. The predicted octanol–water partition coefficient (Wildman–Crippen LogP) is 0.468. The van der Waals surface area contributed by atoms with Gasteiger partial charge in [0.15, 0.2) is 0 Å². The van der Waals surface area contributed by atoms with Gasteiger partial charge in [0.25, 0.3) is 5.56 Å². The van der Waals surface area contributed by atoms with Crippen molar-refractivity contribution in [3.8, 4) is 11.3 Å².